The maximum Gasteiger partial charge on any atom is 0.231 e. The molecule has 4 nitrogen and oxygen atoms in total. The van der Waals surface area contributed by atoms with E-state index in [1.54, 1.807) is 0 Å². The Balaban J connectivity index is 1.78. The SMILES string of the molecule is CC(CO)(NC(=O)C1COc2ccc(Br)cc21)C1CC1. The number of rotatable bonds is 4. The van der Waals surface area contributed by atoms with Crippen LogP contribution in [-0.2, 0) is 4.79 Å². The maximum atomic E-state index is 12.5. The molecular weight excluding hydrogens is 322 g/mol. The Morgan fingerprint density at radius 2 is 2.30 bits per heavy atom. The summed E-state index contributed by atoms with van der Waals surface area (Å²) in [6.07, 6.45) is 2.14. The van der Waals surface area contributed by atoms with Gasteiger partial charge < -0.3 is 15.2 Å². The molecule has 5 heteroatoms. The number of hydrogen-bond donors (Lipinski definition) is 2. The fraction of sp³-hybridized carbons (Fsp3) is 0.533. The molecule has 2 aliphatic rings. The molecule has 0 saturated heterocycles. The van der Waals surface area contributed by atoms with Gasteiger partial charge in [0.1, 0.15) is 18.3 Å². The monoisotopic (exact) mass is 339 g/mol. The normalized spacial score (nSPS) is 23.6. The zero-order valence-corrected chi connectivity index (χ0v) is 12.9. The van der Waals surface area contributed by atoms with Crippen molar-refractivity contribution in [1.82, 2.24) is 5.32 Å². The predicted molar refractivity (Wildman–Crippen MR) is 78.7 cm³/mol. The highest BCUT2D eigenvalue weighted by Crippen LogP contribution is 2.41. The number of carbonyl (C=O) groups excluding carboxylic acids is 1. The van der Waals surface area contributed by atoms with Crippen molar-refractivity contribution in [3.05, 3.63) is 28.2 Å². The number of amides is 1. The van der Waals surface area contributed by atoms with E-state index < -0.39 is 5.54 Å². The molecule has 1 aromatic carbocycles. The van der Waals surface area contributed by atoms with Crippen LogP contribution in [0.4, 0.5) is 0 Å². The summed E-state index contributed by atoms with van der Waals surface area (Å²) in [6.45, 7) is 2.26. The summed E-state index contributed by atoms with van der Waals surface area (Å²) >= 11 is 3.42. The first-order chi connectivity index (χ1) is 9.53. The minimum atomic E-state index is -0.508. The van der Waals surface area contributed by atoms with E-state index in [0.717, 1.165) is 28.6 Å². The third-order valence-electron chi connectivity index (χ3n) is 4.28. The van der Waals surface area contributed by atoms with Crippen LogP contribution in [0.5, 0.6) is 5.75 Å². The first-order valence-corrected chi connectivity index (χ1v) is 7.68. The van der Waals surface area contributed by atoms with Crippen LogP contribution in [0.15, 0.2) is 22.7 Å². The van der Waals surface area contributed by atoms with Gasteiger partial charge in [-0.1, -0.05) is 15.9 Å². The number of hydrogen-bond acceptors (Lipinski definition) is 3. The lowest BCUT2D eigenvalue weighted by atomic mass is 9.94. The van der Waals surface area contributed by atoms with Gasteiger partial charge in [0, 0.05) is 10.0 Å². The maximum absolute atomic E-state index is 12.5. The first-order valence-electron chi connectivity index (χ1n) is 6.88. The number of carbonyl (C=O) groups is 1. The molecule has 2 unspecified atom stereocenters. The molecule has 20 heavy (non-hydrogen) atoms. The molecule has 1 aliphatic carbocycles. The third-order valence-corrected chi connectivity index (χ3v) is 4.78. The van der Waals surface area contributed by atoms with Gasteiger partial charge in [-0.2, -0.15) is 0 Å². The minimum Gasteiger partial charge on any atom is -0.492 e. The van der Waals surface area contributed by atoms with Gasteiger partial charge in [-0.25, -0.2) is 0 Å². The van der Waals surface area contributed by atoms with Gasteiger partial charge in [0.25, 0.3) is 0 Å². The van der Waals surface area contributed by atoms with Crippen molar-refractivity contribution in [3.8, 4) is 5.75 Å². The van der Waals surface area contributed by atoms with E-state index in [4.69, 9.17) is 4.74 Å². The molecule has 108 valence electrons. The van der Waals surface area contributed by atoms with Crippen LogP contribution in [0.3, 0.4) is 0 Å². The van der Waals surface area contributed by atoms with Crippen molar-refractivity contribution in [2.24, 2.45) is 5.92 Å². The summed E-state index contributed by atoms with van der Waals surface area (Å²) in [5.41, 5.74) is 0.402. The van der Waals surface area contributed by atoms with Gasteiger partial charge >= 0.3 is 0 Å². The summed E-state index contributed by atoms with van der Waals surface area (Å²) in [7, 11) is 0. The summed E-state index contributed by atoms with van der Waals surface area (Å²) < 4.78 is 6.50. The Bertz CT molecular complexity index is 544. The molecule has 1 amide bonds. The van der Waals surface area contributed by atoms with Crippen molar-refractivity contribution in [3.63, 3.8) is 0 Å². The van der Waals surface area contributed by atoms with Crippen molar-refractivity contribution < 1.29 is 14.6 Å². The standard InChI is InChI=1S/C15H18BrNO3/c1-15(8-18,9-2-3-9)17-14(19)12-7-20-13-5-4-10(16)6-11(12)13/h4-6,9,12,18H,2-3,7-8H2,1H3,(H,17,19). The van der Waals surface area contributed by atoms with Gasteiger partial charge in [0.2, 0.25) is 5.91 Å². The Labute approximate surface area is 126 Å². The molecule has 3 rings (SSSR count). The second kappa shape index (κ2) is 5.04. The van der Waals surface area contributed by atoms with Crippen LogP contribution in [0.2, 0.25) is 0 Å². The Kier molecular flexibility index (Phi) is 3.50. The molecule has 1 saturated carbocycles. The highest BCUT2D eigenvalue weighted by molar-refractivity contribution is 9.10. The molecule has 0 radical (unpaired) electrons. The lowest BCUT2D eigenvalue weighted by Gasteiger charge is -2.30. The molecule has 1 aromatic rings. The number of benzene rings is 1. The van der Waals surface area contributed by atoms with E-state index in [-0.39, 0.29) is 18.4 Å². The highest BCUT2D eigenvalue weighted by Gasteiger charge is 2.44. The minimum absolute atomic E-state index is 0.0255. The van der Waals surface area contributed by atoms with Gasteiger partial charge in [-0.3, -0.25) is 4.79 Å². The zero-order chi connectivity index (χ0) is 14.3. The van der Waals surface area contributed by atoms with E-state index in [0.29, 0.717) is 12.5 Å². The van der Waals surface area contributed by atoms with Crippen LogP contribution in [0, 0.1) is 5.92 Å². The highest BCUT2D eigenvalue weighted by atomic mass is 79.9. The summed E-state index contributed by atoms with van der Waals surface area (Å²) in [6, 6.07) is 5.71. The molecule has 1 aliphatic heterocycles. The second-order valence-electron chi connectivity index (χ2n) is 5.88. The molecule has 0 spiro atoms. The van der Waals surface area contributed by atoms with E-state index in [1.165, 1.54) is 0 Å². The average Bonchev–Trinajstić information content (AvgIpc) is 3.20. The zero-order valence-electron chi connectivity index (χ0n) is 11.4. The molecule has 2 N–H and O–H groups in total. The average molecular weight is 340 g/mol. The molecule has 0 bridgehead atoms. The molecule has 2 atom stereocenters. The fourth-order valence-electron chi connectivity index (χ4n) is 2.76. The van der Waals surface area contributed by atoms with Crippen molar-refractivity contribution >= 4 is 21.8 Å². The molecule has 1 fully saturated rings. The number of ether oxygens (including phenoxy) is 1. The van der Waals surface area contributed by atoms with Crippen LogP contribution in [-0.4, -0.2) is 29.8 Å². The molecule has 0 aromatic heterocycles. The second-order valence-corrected chi connectivity index (χ2v) is 6.80. The largest absolute Gasteiger partial charge is 0.492 e. The first kappa shape index (κ1) is 13.9. The van der Waals surface area contributed by atoms with Crippen molar-refractivity contribution in [2.75, 3.05) is 13.2 Å². The van der Waals surface area contributed by atoms with E-state index in [9.17, 15) is 9.90 Å². The van der Waals surface area contributed by atoms with Crippen molar-refractivity contribution in [1.29, 1.82) is 0 Å². The summed E-state index contributed by atoms with van der Waals surface area (Å²) in [4.78, 5) is 12.5. The number of aliphatic hydroxyl groups is 1. The van der Waals surface area contributed by atoms with E-state index in [2.05, 4.69) is 21.2 Å². The summed E-state index contributed by atoms with van der Waals surface area (Å²) in [5.74, 6) is 0.795. The predicted octanol–water partition coefficient (Wildman–Crippen LogP) is 2.20. The molecular formula is C15H18BrNO3. The number of aliphatic hydroxyl groups excluding tert-OH is 1. The van der Waals surface area contributed by atoms with E-state index >= 15 is 0 Å². The molecule has 1 heterocycles. The topological polar surface area (TPSA) is 58.6 Å². The smallest absolute Gasteiger partial charge is 0.231 e. The van der Waals surface area contributed by atoms with Crippen LogP contribution in [0.25, 0.3) is 0 Å². The lowest BCUT2D eigenvalue weighted by Crippen LogP contribution is -2.52. The third kappa shape index (κ3) is 2.44. The van der Waals surface area contributed by atoms with Crippen LogP contribution >= 0.6 is 15.9 Å². The quantitative estimate of drug-likeness (QED) is 0.884. The van der Waals surface area contributed by atoms with Gasteiger partial charge in [-0.15, -0.1) is 0 Å². The number of fused-ring (bicyclic) bond motifs is 1. The van der Waals surface area contributed by atoms with Gasteiger partial charge in [-0.05, 0) is 43.9 Å². The Morgan fingerprint density at radius 3 is 2.95 bits per heavy atom. The van der Waals surface area contributed by atoms with Crippen LogP contribution in [0.1, 0.15) is 31.2 Å². The van der Waals surface area contributed by atoms with Gasteiger partial charge in [0.15, 0.2) is 0 Å². The lowest BCUT2D eigenvalue weighted by molar-refractivity contribution is -0.125. The van der Waals surface area contributed by atoms with Gasteiger partial charge in [0.05, 0.1) is 12.1 Å². The van der Waals surface area contributed by atoms with E-state index in [1.807, 2.05) is 25.1 Å². The van der Waals surface area contributed by atoms with Crippen LogP contribution < -0.4 is 10.1 Å². The summed E-state index contributed by atoms with van der Waals surface area (Å²) in [5, 5.41) is 12.6. The number of nitrogens with one attached hydrogen (secondary N) is 1. The Morgan fingerprint density at radius 1 is 1.55 bits per heavy atom. The number of halogens is 1. The fourth-order valence-corrected chi connectivity index (χ4v) is 3.14. The Hall–Kier alpha value is -1.07. The van der Waals surface area contributed by atoms with Crippen molar-refractivity contribution in [2.45, 2.75) is 31.2 Å².